The molecule has 0 radical (unpaired) electrons. The molecule has 29 heavy (non-hydrogen) atoms. The second-order valence-electron chi connectivity index (χ2n) is 6.31. The van der Waals surface area contributed by atoms with E-state index in [1.165, 1.54) is 48.5 Å². The molecule has 0 saturated heterocycles. The summed E-state index contributed by atoms with van der Waals surface area (Å²) in [4.78, 5) is 22.8. The molecule has 0 aromatic heterocycles. The molecule has 0 saturated carbocycles. The summed E-state index contributed by atoms with van der Waals surface area (Å²) in [7, 11) is 0. The van der Waals surface area contributed by atoms with Gasteiger partial charge in [-0.25, -0.2) is 0 Å². The van der Waals surface area contributed by atoms with Gasteiger partial charge in [0.05, 0.1) is 4.92 Å². The maximum Gasteiger partial charge on any atom is 0.368 e. The van der Waals surface area contributed by atoms with Crippen molar-refractivity contribution >= 4 is 51.0 Å². The Labute approximate surface area is 174 Å². The SMILES string of the molecule is O=C(Nc1cccc([N+](=O)[O-])c1)c1cccc([B-](O)(O)Nc2ccc(Br)cc2)c1. The largest absolute Gasteiger partial charge is 0.561 e. The van der Waals surface area contributed by atoms with Crippen LogP contribution in [0.1, 0.15) is 10.4 Å². The lowest BCUT2D eigenvalue weighted by Gasteiger charge is -2.32. The van der Waals surface area contributed by atoms with E-state index >= 15 is 0 Å². The van der Waals surface area contributed by atoms with Gasteiger partial charge in [-0.2, -0.15) is 0 Å². The Kier molecular flexibility index (Phi) is 5.97. The minimum absolute atomic E-state index is 0.111. The molecule has 4 N–H and O–H groups in total. The van der Waals surface area contributed by atoms with Gasteiger partial charge in [-0.05, 0) is 42.1 Å². The first-order valence-corrected chi connectivity index (χ1v) is 9.33. The number of nitrogens with one attached hydrogen (secondary N) is 2. The summed E-state index contributed by atoms with van der Waals surface area (Å²) in [6.07, 6.45) is 0. The van der Waals surface area contributed by atoms with E-state index in [9.17, 15) is 25.0 Å². The van der Waals surface area contributed by atoms with Crippen molar-refractivity contribution in [3.8, 4) is 0 Å². The third-order valence-corrected chi connectivity index (χ3v) is 4.67. The molecule has 0 atom stereocenters. The van der Waals surface area contributed by atoms with Gasteiger partial charge in [0.1, 0.15) is 0 Å². The first kappa shape index (κ1) is 20.5. The number of hydrogen-bond acceptors (Lipinski definition) is 6. The number of rotatable bonds is 6. The Morgan fingerprint density at radius 2 is 1.66 bits per heavy atom. The average molecular weight is 457 g/mol. The van der Waals surface area contributed by atoms with Crippen molar-refractivity contribution in [2.24, 2.45) is 0 Å². The second kappa shape index (κ2) is 8.44. The number of benzene rings is 3. The summed E-state index contributed by atoms with van der Waals surface area (Å²) in [5.74, 6) is -0.539. The Bertz CT molecular complexity index is 1060. The van der Waals surface area contributed by atoms with E-state index in [0.29, 0.717) is 5.69 Å². The quantitative estimate of drug-likeness (QED) is 0.257. The number of carbonyl (C=O) groups excluding carboxylic acids is 1. The molecule has 0 aliphatic heterocycles. The number of nitro groups is 1. The lowest BCUT2D eigenvalue weighted by atomic mass is 9.64. The molecule has 1 amide bonds. The van der Waals surface area contributed by atoms with Crippen molar-refractivity contribution < 1.29 is 19.8 Å². The molecule has 3 aromatic carbocycles. The molecule has 0 aliphatic carbocycles. The standard InChI is InChI=1S/C19H16BBrN3O5/c21-15-7-9-16(10-8-15)23-20(26,27)14-4-1-3-13(11-14)19(25)22-17-5-2-6-18(12-17)24(28)29/h1-12,23,26-27H,(H,22,25)/q-1. The number of amides is 1. The van der Waals surface area contributed by atoms with Crippen LogP contribution < -0.4 is 16.0 Å². The van der Waals surface area contributed by atoms with E-state index < -0.39 is 17.5 Å². The van der Waals surface area contributed by atoms with Crippen LogP contribution in [-0.2, 0) is 0 Å². The van der Waals surface area contributed by atoms with Crippen molar-refractivity contribution in [2.45, 2.75) is 0 Å². The molecule has 0 spiro atoms. The number of nitro benzene ring substituents is 1. The van der Waals surface area contributed by atoms with Crippen LogP contribution in [0.4, 0.5) is 17.1 Å². The fourth-order valence-electron chi connectivity index (χ4n) is 2.69. The second-order valence-corrected chi connectivity index (χ2v) is 7.23. The number of hydrogen-bond donors (Lipinski definition) is 4. The van der Waals surface area contributed by atoms with Gasteiger partial charge in [0, 0.05) is 27.9 Å². The first-order valence-electron chi connectivity index (χ1n) is 8.54. The van der Waals surface area contributed by atoms with Crippen molar-refractivity contribution in [2.75, 3.05) is 10.5 Å². The maximum atomic E-state index is 12.5. The molecule has 0 aliphatic rings. The summed E-state index contributed by atoms with van der Waals surface area (Å²) in [5, 5.41) is 37.0. The summed E-state index contributed by atoms with van der Waals surface area (Å²) in [6.45, 7) is -3.16. The van der Waals surface area contributed by atoms with Crippen molar-refractivity contribution in [1.29, 1.82) is 0 Å². The highest BCUT2D eigenvalue weighted by Gasteiger charge is 2.23. The van der Waals surface area contributed by atoms with Crippen molar-refractivity contribution in [3.05, 3.63) is 92.9 Å². The number of carbonyl (C=O) groups is 1. The molecular weight excluding hydrogens is 441 g/mol. The molecule has 148 valence electrons. The normalized spacial score (nSPS) is 11.0. The van der Waals surface area contributed by atoms with Crippen molar-refractivity contribution in [3.63, 3.8) is 0 Å². The van der Waals surface area contributed by atoms with Crippen LogP contribution in [0, 0.1) is 10.1 Å². The van der Waals surface area contributed by atoms with Gasteiger partial charge in [-0.1, -0.05) is 40.2 Å². The highest BCUT2D eigenvalue weighted by atomic mass is 79.9. The van der Waals surface area contributed by atoms with E-state index in [0.717, 1.165) is 4.47 Å². The van der Waals surface area contributed by atoms with Gasteiger partial charge < -0.3 is 20.6 Å². The van der Waals surface area contributed by atoms with Crippen LogP contribution in [-0.4, -0.2) is 27.6 Å². The summed E-state index contributed by atoms with van der Waals surface area (Å²) in [5.41, 5.74) is 0.876. The minimum atomic E-state index is -3.16. The summed E-state index contributed by atoms with van der Waals surface area (Å²) in [6, 6.07) is 18.2. The summed E-state index contributed by atoms with van der Waals surface area (Å²) < 4.78 is 0.844. The maximum absolute atomic E-state index is 12.5. The topological polar surface area (TPSA) is 125 Å². The highest BCUT2D eigenvalue weighted by Crippen LogP contribution is 2.18. The highest BCUT2D eigenvalue weighted by molar-refractivity contribution is 9.10. The Morgan fingerprint density at radius 1 is 0.966 bits per heavy atom. The van der Waals surface area contributed by atoms with Gasteiger partial charge in [-0.3, -0.25) is 14.9 Å². The van der Waals surface area contributed by atoms with Crippen molar-refractivity contribution in [1.82, 2.24) is 0 Å². The number of anilines is 2. The molecule has 8 nitrogen and oxygen atoms in total. The van der Waals surface area contributed by atoms with Gasteiger partial charge in [0.2, 0.25) is 0 Å². The lowest BCUT2D eigenvalue weighted by Crippen LogP contribution is -2.56. The average Bonchev–Trinajstić information content (AvgIpc) is 2.70. The third-order valence-electron chi connectivity index (χ3n) is 4.14. The smallest absolute Gasteiger partial charge is 0.368 e. The molecule has 0 bridgehead atoms. The zero-order chi connectivity index (χ0) is 21.0. The predicted octanol–water partition coefficient (Wildman–Crippen LogP) is 2.85. The molecular formula is C19H16BBrN3O5-. The monoisotopic (exact) mass is 456 g/mol. The number of halogens is 1. The number of nitrogens with zero attached hydrogens (tertiary/aromatic N) is 1. The van der Waals surface area contributed by atoms with Crippen LogP contribution in [0.15, 0.2) is 77.3 Å². The zero-order valence-electron chi connectivity index (χ0n) is 14.9. The van der Waals surface area contributed by atoms with Gasteiger partial charge in [0.25, 0.3) is 11.6 Å². The van der Waals surface area contributed by atoms with E-state index in [2.05, 4.69) is 26.5 Å². The van der Waals surface area contributed by atoms with E-state index in [1.807, 2.05) is 0 Å². The summed E-state index contributed by atoms with van der Waals surface area (Å²) >= 11 is 3.31. The zero-order valence-corrected chi connectivity index (χ0v) is 16.5. The van der Waals surface area contributed by atoms with E-state index in [4.69, 9.17) is 0 Å². The van der Waals surface area contributed by atoms with Crippen LogP contribution in [0.2, 0.25) is 0 Å². The van der Waals surface area contributed by atoms with E-state index in [1.54, 1.807) is 24.3 Å². The third kappa shape index (κ3) is 5.20. The fourth-order valence-corrected chi connectivity index (χ4v) is 2.96. The molecule has 3 rings (SSSR count). The van der Waals surface area contributed by atoms with Crippen LogP contribution in [0.25, 0.3) is 0 Å². The molecule has 10 heteroatoms. The molecule has 0 unspecified atom stereocenters. The number of non-ortho nitro benzene ring substituents is 1. The van der Waals surface area contributed by atoms with Gasteiger partial charge >= 0.3 is 6.69 Å². The minimum Gasteiger partial charge on any atom is -0.561 e. The molecule has 3 aromatic rings. The Hall–Kier alpha value is -3.21. The van der Waals surface area contributed by atoms with Crippen LogP contribution in [0.3, 0.4) is 0 Å². The van der Waals surface area contributed by atoms with Gasteiger partial charge in [-0.15, -0.1) is 5.46 Å². The van der Waals surface area contributed by atoms with Crippen LogP contribution >= 0.6 is 15.9 Å². The fraction of sp³-hybridized carbons (Fsp3) is 0. The lowest BCUT2D eigenvalue weighted by molar-refractivity contribution is -0.384. The van der Waals surface area contributed by atoms with Crippen LogP contribution in [0.5, 0.6) is 0 Å². The Balaban J connectivity index is 1.79. The van der Waals surface area contributed by atoms with E-state index in [-0.39, 0.29) is 22.4 Å². The molecule has 0 fully saturated rings. The predicted molar refractivity (Wildman–Crippen MR) is 115 cm³/mol. The van der Waals surface area contributed by atoms with Gasteiger partial charge in [0.15, 0.2) is 0 Å². The molecule has 0 heterocycles. The first-order chi connectivity index (χ1) is 13.7. The Morgan fingerprint density at radius 3 is 2.34 bits per heavy atom.